The number of rotatable bonds is 4. The van der Waals surface area contributed by atoms with E-state index in [1.54, 1.807) is 0 Å². The number of aromatic carboxylic acids is 1. The minimum absolute atomic E-state index is 0.0328. The lowest BCUT2D eigenvalue weighted by Gasteiger charge is -2.11. The van der Waals surface area contributed by atoms with Crippen molar-refractivity contribution in [3.63, 3.8) is 0 Å². The fourth-order valence-electron chi connectivity index (χ4n) is 1.98. The Balaban J connectivity index is 1.98. The van der Waals surface area contributed by atoms with Gasteiger partial charge in [-0.2, -0.15) is 0 Å². The van der Waals surface area contributed by atoms with Crippen molar-refractivity contribution in [3.8, 4) is 5.75 Å². The summed E-state index contributed by atoms with van der Waals surface area (Å²) in [5, 5.41) is 20.9. The van der Waals surface area contributed by atoms with E-state index in [4.69, 9.17) is 9.84 Å². The molecule has 0 aromatic heterocycles. The van der Waals surface area contributed by atoms with Gasteiger partial charge in [-0.05, 0) is 31.0 Å². The fourth-order valence-corrected chi connectivity index (χ4v) is 1.98. The van der Waals surface area contributed by atoms with Gasteiger partial charge >= 0.3 is 5.97 Å². The predicted octanol–water partition coefficient (Wildman–Crippen LogP) is 1.60. The Hall–Kier alpha value is -2.08. The molecule has 1 fully saturated rings. The molecule has 1 unspecified atom stereocenters. The molecule has 1 aliphatic heterocycles. The van der Waals surface area contributed by atoms with Crippen molar-refractivity contribution in [1.29, 1.82) is 0 Å². The van der Waals surface area contributed by atoms with Gasteiger partial charge in [0, 0.05) is 6.61 Å². The third-order valence-electron chi connectivity index (χ3n) is 2.96. The summed E-state index contributed by atoms with van der Waals surface area (Å²) in [7, 11) is 0. The highest BCUT2D eigenvalue weighted by Crippen LogP contribution is 2.25. The number of amides is 1. The first-order valence-corrected chi connectivity index (χ1v) is 6.04. The van der Waals surface area contributed by atoms with Crippen molar-refractivity contribution in [3.05, 3.63) is 23.8 Å². The molecule has 1 aromatic carbocycles. The number of anilines is 1. The van der Waals surface area contributed by atoms with Crippen LogP contribution in [0, 0.1) is 0 Å². The number of phenolic OH excluding ortho intramolecular Hbond substituents is 1. The zero-order valence-electron chi connectivity index (χ0n) is 10.3. The van der Waals surface area contributed by atoms with Gasteiger partial charge in [-0.25, -0.2) is 4.79 Å². The van der Waals surface area contributed by atoms with Gasteiger partial charge in [0.1, 0.15) is 5.75 Å². The summed E-state index contributed by atoms with van der Waals surface area (Å²) in [6.07, 6.45) is 1.98. The molecular weight excluding hydrogens is 250 g/mol. The summed E-state index contributed by atoms with van der Waals surface area (Å²) in [6.45, 7) is 0.677. The second-order valence-corrected chi connectivity index (χ2v) is 4.42. The molecule has 1 amide bonds. The van der Waals surface area contributed by atoms with Crippen molar-refractivity contribution >= 4 is 17.6 Å². The number of aromatic hydroxyl groups is 1. The lowest BCUT2D eigenvalue weighted by atomic mass is 10.1. The summed E-state index contributed by atoms with van der Waals surface area (Å²) in [5.41, 5.74) is 0.169. The summed E-state index contributed by atoms with van der Waals surface area (Å²) in [4.78, 5) is 22.4. The first kappa shape index (κ1) is 13.4. The molecule has 1 aromatic rings. The molecule has 1 atom stereocenters. The molecule has 19 heavy (non-hydrogen) atoms. The maximum Gasteiger partial charge on any atom is 0.335 e. The van der Waals surface area contributed by atoms with E-state index in [0.29, 0.717) is 6.61 Å². The van der Waals surface area contributed by atoms with E-state index in [1.165, 1.54) is 12.1 Å². The number of carboxylic acid groups (broad SMARTS) is 1. The first-order valence-electron chi connectivity index (χ1n) is 6.04. The van der Waals surface area contributed by atoms with Crippen LogP contribution in [0.1, 0.15) is 29.6 Å². The maximum atomic E-state index is 11.7. The average molecular weight is 265 g/mol. The molecule has 102 valence electrons. The van der Waals surface area contributed by atoms with Crippen LogP contribution in [-0.4, -0.2) is 34.8 Å². The highest BCUT2D eigenvalue weighted by atomic mass is 16.5. The summed E-state index contributed by atoms with van der Waals surface area (Å²) < 4.78 is 5.34. The van der Waals surface area contributed by atoms with Crippen molar-refractivity contribution < 1.29 is 24.5 Å². The largest absolute Gasteiger partial charge is 0.506 e. The number of hydrogen-bond acceptors (Lipinski definition) is 4. The van der Waals surface area contributed by atoms with Gasteiger partial charge < -0.3 is 20.3 Å². The summed E-state index contributed by atoms with van der Waals surface area (Å²) >= 11 is 0. The van der Waals surface area contributed by atoms with Crippen LogP contribution in [0.2, 0.25) is 0 Å². The van der Waals surface area contributed by atoms with Crippen molar-refractivity contribution in [2.75, 3.05) is 11.9 Å². The third-order valence-corrected chi connectivity index (χ3v) is 2.96. The number of benzene rings is 1. The molecule has 1 heterocycles. The number of carbonyl (C=O) groups excluding carboxylic acids is 1. The molecule has 1 aliphatic rings. The Kier molecular flexibility index (Phi) is 4.01. The SMILES string of the molecule is O=C(CC1CCCO1)Nc1ccc(C(=O)O)cc1O. The van der Waals surface area contributed by atoms with E-state index in [2.05, 4.69) is 5.32 Å². The van der Waals surface area contributed by atoms with E-state index in [1.807, 2.05) is 0 Å². The van der Waals surface area contributed by atoms with Crippen LogP contribution in [0.4, 0.5) is 5.69 Å². The number of carboxylic acids is 1. The monoisotopic (exact) mass is 265 g/mol. The molecule has 1 saturated heterocycles. The molecule has 2 rings (SSSR count). The highest BCUT2D eigenvalue weighted by molar-refractivity contribution is 5.94. The summed E-state index contributed by atoms with van der Waals surface area (Å²) in [5.74, 6) is -1.65. The highest BCUT2D eigenvalue weighted by Gasteiger charge is 2.19. The van der Waals surface area contributed by atoms with Crippen LogP contribution in [0.25, 0.3) is 0 Å². The number of ether oxygens (including phenoxy) is 1. The second-order valence-electron chi connectivity index (χ2n) is 4.42. The quantitative estimate of drug-likeness (QED) is 0.718. The molecule has 3 N–H and O–H groups in total. The van der Waals surface area contributed by atoms with E-state index in [0.717, 1.165) is 18.9 Å². The molecule has 0 spiro atoms. The maximum absolute atomic E-state index is 11.7. The van der Waals surface area contributed by atoms with Gasteiger partial charge in [0.2, 0.25) is 5.91 Å². The predicted molar refractivity (Wildman–Crippen MR) is 67.3 cm³/mol. The van der Waals surface area contributed by atoms with Crippen LogP contribution in [0.5, 0.6) is 5.75 Å². The smallest absolute Gasteiger partial charge is 0.335 e. The van der Waals surface area contributed by atoms with Crippen LogP contribution < -0.4 is 5.32 Å². The van der Waals surface area contributed by atoms with Crippen molar-refractivity contribution in [1.82, 2.24) is 0 Å². The number of hydrogen-bond donors (Lipinski definition) is 3. The van der Waals surface area contributed by atoms with Gasteiger partial charge in [-0.15, -0.1) is 0 Å². The van der Waals surface area contributed by atoms with Gasteiger partial charge in [-0.3, -0.25) is 4.79 Å². The van der Waals surface area contributed by atoms with Gasteiger partial charge in [0.25, 0.3) is 0 Å². The minimum Gasteiger partial charge on any atom is -0.506 e. The Morgan fingerprint density at radius 2 is 2.21 bits per heavy atom. The lowest BCUT2D eigenvalue weighted by molar-refractivity contribution is -0.118. The lowest BCUT2D eigenvalue weighted by Crippen LogP contribution is -2.19. The average Bonchev–Trinajstić information content (AvgIpc) is 2.84. The van der Waals surface area contributed by atoms with E-state index >= 15 is 0 Å². The van der Waals surface area contributed by atoms with Crippen LogP contribution in [0.15, 0.2) is 18.2 Å². The summed E-state index contributed by atoms with van der Waals surface area (Å²) in [6, 6.07) is 3.79. The van der Waals surface area contributed by atoms with E-state index in [-0.39, 0.29) is 35.4 Å². The third kappa shape index (κ3) is 3.45. The van der Waals surface area contributed by atoms with Gasteiger partial charge in [0.15, 0.2) is 0 Å². The number of carbonyl (C=O) groups is 2. The minimum atomic E-state index is -1.13. The molecular formula is C13H15NO5. The van der Waals surface area contributed by atoms with Crippen LogP contribution >= 0.6 is 0 Å². The fraction of sp³-hybridized carbons (Fsp3) is 0.385. The van der Waals surface area contributed by atoms with Gasteiger partial charge in [-0.1, -0.05) is 0 Å². The molecule has 6 nitrogen and oxygen atoms in total. The number of nitrogens with one attached hydrogen (secondary N) is 1. The van der Waals surface area contributed by atoms with Gasteiger partial charge in [0.05, 0.1) is 23.8 Å². The Bertz CT molecular complexity index is 494. The van der Waals surface area contributed by atoms with Crippen LogP contribution in [0.3, 0.4) is 0 Å². The topological polar surface area (TPSA) is 95.9 Å². The van der Waals surface area contributed by atoms with Crippen molar-refractivity contribution in [2.24, 2.45) is 0 Å². The molecule has 0 aliphatic carbocycles. The van der Waals surface area contributed by atoms with Crippen molar-refractivity contribution in [2.45, 2.75) is 25.4 Å². The Labute approximate surface area is 110 Å². The zero-order valence-corrected chi connectivity index (χ0v) is 10.3. The molecule has 0 saturated carbocycles. The Morgan fingerprint density at radius 3 is 2.79 bits per heavy atom. The van der Waals surface area contributed by atoms with Crippen LogP contribution in [-0.2, 0) is 9.53 Å². The van der Waals surface area contributed by atoms with E-state index < -0.39 is 5.97 Å². The zero-order chi connectivity index (χ0) is 13.8. The molecule has 0 radical (unpaired) electrons. The first-order chi connectivity index (χ1) is 9.06. The van der Waals surface area contributed by atoms with E-state index in [9.17, 15) is 14.7 Å². The molecule has 6 heteroatoms. The standard InChI is InChI=1S/C13H15NO5/c15-11-6-8(13(17)18)3-4-10(11)14-12(16)7-9-2-1-5-19-9/h3-4,6,9,15H,1-2,5,7H2,(H,14,16)(H,17,18). The molecule has 0 bridgehead atoms. The second kappa shape index (κ2) is 5.71. The normalized spacial score (nSPS) is 18.2. The number of phenols is 1. The Morgan fingerprint density at radius 1 is 1.42 bits per heavy atom.